The van der Waals surface area contributed by atoms with E-state index in [0.29, 0.717) is 13.2 Å². The molecule has 0 aromatic carbocycles. The van der Waals surface area contributed by atoms with Crippen molar-refractivity contribution >= 4 is 11.7 Å². The number of ether oxygens (including phenoxy) is 1. The number of hydrogen-bond donors (Lipinski definition) is 2. The number of nitrogens with zero attached hydrogens (tertiary/aromatic N) is 2. The standard InChI is InChI=1S/C14H24N4O2/c1-10(2)12-11(7-18(4)17-12)16-13(19)15-8-14(3)5-6-20-9-14/h7,10H,5-6,8-9H2,1-4H3,(H2,15,16,19). The third-order valence-corrected chi connectivity index (χ3v) is 3.63. The van der Waals surface area contributed by atoms with Gasteiger partial charge in [-0.3, -0.25) is 4.68 Å². The van der Waals surface area contributed by atoms with Crippen LogP contribution in [0.5, 0.6) is 0 Å². The Morgan fingerprint density at radius 1 is 1.60 bits per heavy atom. The van der Waals surface area contributed by atoms with E-state index in [2.05, 4.69) is 36.5 Å². The van der Waals surface area contributed by atoms with Gasteiger partial charge in [-0.1, -0.05) is 20.8 Å². The van der Waals surface area contributed by atoms with Crippen LogP contribution in [0.25, 0.3) is 0 Å². The Bertz CT molecular complexity index is 476. The molecule has 1 saturated heterocycles. The number of urea groups is 1. The summed E-state index contributed by atoms with van der Waals surface area (Å²) in [6.45, 7) is 8.35. The zero-order valence-corrected chi connectivity index (χ0v) is 12.7. The fourth-order valence-corrected chi connectivity index (χ4v) is 2.34. The summed E-state index contributed by atoms with van der Waals surface area (Å²) in [5, 5.41) is 10.2. The first-order chi connectivity index (χ1) is 9.39. The van der Waals surface area contributed by atoms with Crippen LogP contribution in [0.3, 0.4) is 0 Å². The fourth-order valence-electron chi connectivity index (χ4n) is 2.34. The van der Waals surface area contributed by atoms with Crippen LogP contribution in [0.1, 0.15) is 38.8 Å². The second-order valence-electron chi connectivity index (χ2n) is 6.18. The average molecular weight is 280 g/mol. The number of nitrogens with one attached hydrogen (secondary N) is 2. The lowest BCUT2D eigenvalue weighted by molar-refractivity contribution is 0.159. The molecule has 0 spiro atoms. The zero-order chi connectivity index (χ0) is 14.8. The van der Waals surface area contributed by atoms with Crippen molar-refractivity contribution in [2.24, 2.45) is 12.5 Å². The van der Waals surface area contributed by atoms with Crippen LogP contribution in [0, 0.1) is 5.41 Å². The van der Waals surface area contributed by atoms with Crippen molar-refractivity contribution in [2.75, 3.05) is 25.1 Å². The number of hydrogen-bond acceptors (Lipinski definition) is 3. The van der Waals surface area contributed by atoms with Crippen molar-refractivity contribution in [3.8, 4) is 0 Å². The predicted octanol–water partition coefficient (Wildman–Crippen LogP) is 2.09. The summed E-state index contributed by atoms with van der Waals surface area (Å²) in [4.78, 5) is 12.0. The minimum atomic E-state index is -0.187. The molecule has 2 heterocycles. The summed E-state index contributed by atoms with van der Waals surface area (Å²) in [7, 11) is 1.85. The van der Waals surface area contributed by atoms with E-state index in [1.54, 1.807) is 4.68 Å². The number of carbonyl (C=O) groups excluding carboxylic acids is 1. The van der Waals surface area contributed by atoms with Gasteiger partial charge in [-0.05, 0) is 12.3 Å². The normalized spacial score (nSPS) is 22.2. The zero-order valence-electron chi connectivity index (χ0n) is 12.7. The van der Waals surface area contributed by atoms with Crippen LogP contribution < -0.4 is 10.6 Å². The molecule has 2 N–H and O–H groups in total. The van der Waals surface area contributed by atoms with Gasteiger partial charge in [-0.2, -0.15) is 5.10 Å². The van der Waals surface area contributed by atoms with Gasteiger partial charge in [-0.15, -0.1) is 0 Å². The van der Waals surface area contributed by atoms with Crippen LogP contribution in [0.2, 0.25) is 0 Å². The molecule has 6 nitrogen and oxygen atoms in total. The van der Waals surface area contributed by atoms with Crippen LogP contribution in [-0.2, 0) is 11.8 Å². The molecule has 6 heteroatoms. The van der Waals surface area contributed by atoms with Gasteiger partial charge >= 0.3 is 6.03 Å². The minimum Gasteiger partial charge on any atom is -0.381 e. The number of carbonyl (C=O) groups is 1. The van der Waals surface area contributed by atoms with Crippen molar-refractivity contribution in [1.82, 2.24) is 15.1 Å². The summed E-state index contributed by atoms with van der Waals surface area (Å²) in [5.74, 6) is 0.271. The van der Waals surface area contributed by atoms with Gasteiger partial charge in [0.05, 0.1) is 18.0 Å². The molecule has 1 aliphatic rings. The molecule has 1 atom stereocenters. The van der Waals surface area contributed by atoms with Gasteiger partial charge in [-0.25, -0.2) is 4.79 Å². The van der Waals surface area contributed by atoms with Crippen LogP contribution in [-0.4, -0.2) is 35.6 Å². The maximum absolute atomic E-state index is 12.0. The second-order valence-corrected chi connectivity index (χ2v) is 6.18. The third kappa shape index (κ3) is 3.50. The number of anilines is 1. The minimum absolute atomic E-state index is 0.0488. The van der Waals surface area contributed by atoms with Crippen molar-refractivity contribution < 1.29 is 9.53 Å². The van der Waals surface area contributed by atoms with Crippen molar-refractivity contribution in [2.45, 2.75) is 33.1 Å². The van der Waals surface area contributed by atoms with E-state index in [4.69, 9.17) is 4.74 Å². The highest BCUT2D eigenvalue weighted by molar-refractivity contribution is 5.89. The Balaban J connectivity index is 1.91. The fraction of sp³-hybridized carbons (Fsp3) is 0.714. The molecule has 0 bridgehead atoms. The number of rotatable bonds is 4. The third-order valence-electron chi connectivity index (χ3n) is 3.63. The summed E-state index contributed by atoms with van der Waals surface area (Å²) in [6.07, 6.45) is 2.81. The lowest BCUT2D eigenvalue weighted by atomic mass is 9.90. The van der Waals surface area contributed by atoms with Gasteiger partial charge in [0.15, 0.2) is 0 Å². The smallest absolute Gasteiger partial charge is 0.319 e. The molecule has 1 aliphatic heterocycles. The summed E-state index contributed by atoms with van der Waals surface area (Å²) in [5.41, 5.74) is 1.72. The Morgan fingerprint density at radius 2 is 2.35 bits per heavy atom. The second kappa shape index (κ2) is 5.83. The average Bonchev–Trinajstić information content (AvgIpc) is 2.94. The molecule has 112 valence electrons. The lowest BCUT2D eigenvalue weighted by Gasteiger charge is -2.22. The summed E-state index contributed by atoms with van der Waals surface area (Å²) < 4.78 is 7.10. The molecule has 1 aromatic rings. The van der Waals surface area contributed by atoms with Gasteiger partial charge in [0.25, 0.3) is 0 Å². The summed E-state index contributed by atoms with van der Waals surface area (Å²) >= 11 is 0. The molecule has 0 radical (unpaired) electrons. The van der Waals surface area contributed by atoms with E-state index >= 15 is 0 Å². The largest absolute Gasteiger partial charge is 0.381 e. The molecule has 0 saturated carbocycles. The Morgan fingerprint density at radius 3 is 2.95 bits per heavy atom. The molecular weight excluding hydrogens is 256 g/mol. The van der Waals surface area contributed by atoms with Gasteiger partial charge in [0, 0.05) is 31.8 Å². The van der Waals surface area contributed by atoms with Crippen molar-refractivity contribution in [3.63, 3.8) is 0 Å². The molecule has 2 amide bonds. The Hall–Kier alpha value is -1.56. The van der Waals surface area contributed by atoms with Crippen LogP contribution >= 0.6 is 0 Å². The van der Waals surface area contributed by atoms with Gasteiger partial charge < -0.3 is 15.4 Å². The SMILES string of the molecule is CC(C)c1nn(C)cc1NC(=O)NCC1(C)CCOC1. The lowest BCUT2D eigenvalue weighted by Crippen LogP contribution is -2.38. The Labute approximate surface area is 119 Å². The topological polar surface area (TPSA) is 68.2 Å². The van der Waals surface area contributed by atoms with Crippen LogP contribution in [0.4, 0.5) is 10.5 Å². The molecule has 1 aromatic heterocycles. The van der Waals surface area contributed by atoms with E-state index in [0.717, 1.165) is 24.4 Å². The van der Waals surface area contributed by atoms with E-state index in [1.807, 2.05) is 13.2 Å². The maximum atomic E-state index is 12.0. The van der Waals surface area contributed by atoms with E-state index in [-0.39, 0.29) is 17.4 Å². The molecule has 0 aliphatic carbocycles. The monoisotopic (exact) mass is 280 g/mol. The maximum Gasteiger partial charge on any atom is 0.319 e. The molecule has 1 fully saturated rings. The number of aromatic nitrogens is 2. The number of amides is 2. The van der Waals surface area contributed by atoms with E-state index in [9.17, 15) is 4.79 Å². The highest BCUT2D eigenvalue weighted by Gasteiger charge is 2.30. The quantitative estimate of drug-likeness (QED) is 0.887. The molecule has 1 unspecified atom stereocenters. The van der Waals surface area contributed by atoms with Gasteiger partial charge in [0.2, 0.25) is 0 Å². The van der Waals surface area contributed by atoms with Gasteiger partial charge in [0.1, 0.15) is 0 Å². The van der Waals surface area contributed by atoms with Crippen LogP contribution in [0.15, 0.2) is 6.20 Å². The summed E-state index contributed by atoms with van der Waals surface area (Å²) in [6, 6.07) is -0.187. The Kier molecular flexibility index (Phi) is 4.32. The first kappa shape index (κ1) is 14.8. The van der Waals surface area contributed by atoms with Crippen molar-refractivity contribution in [3.05, 3.63) is 11.9 Å². The van der Waals surface area contributed by atoms with E-state index in [1.165, 1.54) is 0 Å². The number of aryl methyl sites for hydroxylation is 1. The van der Waals surface area contributed by atoms with E-state index < -0.39 is 0 Å². The highest BCUT2D eigenvalue weighted by Crippen LogP contribution is 2.26. The first-order valence-electron chi connectivity index (χ1n) is 7.06. The molecule has 20 heavy (non-hydrogen) atoms. The van der Waals surface area contributed by atoms with Crippen molar-refractivity contribution in [1.29, 1.82) is 0 Å². The molecule has 2 rings (SSSR count). The first-order valence-corrected chi connectivity index (χ1v) is 7.06. The predicted molar refractivity (Wildman–Crippen MR) is 77.9 cm³/mol. The molecular formula is C14H24N4O2. The highest BCUT2D eigenvalue weighted by atomic mass is 16.5.